The van der Waals surface area contributed by atoms with Gasteiger partial charge in [0.2, 0.25) is 0 Å². The van der Waals surface area contributed by atoms with Gasteiger partial charge in [0.05, 0.1) is 10.6 Å². The summed E-state index contributed by atoms with van der Waals surface area (Å²) in [5, 5.41) is 0.440. The van der Waals surface area contributed by atoms with Crippen LogP contribution in [0.1, 0.15) is 10.4 Å². The van der Waals surface area contributed by atoms with Gasteiger partial charge in [0.15, 0.2) is 0 Å². The fraction of sp³-hybridized carbons (Fsp3) is 0.133. The molecule has 2 aromatic rings. The number of rotatable bonds is 3. The van der Waals surface area contributed by atoms with E-state index in [2.05, 4.69) is 15.9 Å². The second-order valence-electron chi connectivity index (χ2n) is 4.63. The lowest BCUT2D eigenvalue weighted by Gasteiger charge is -2.15. The molecule has 0 aliphatic carbocycles. The number of hydrogen-bond acceptors (Lipinski definition) is 3. The van der Waals surface area contributed by atoms with Gasteiger partial charge in [-0.2, -0.15) is 0 Å². The molecule has 6 heteroatoms. The largest absolute Gasteiger partial charge is 0.455 e. The van der Waals surface area contributed by atoms with Crippen LogP contribution in [0.3, 0.4) is 0 Å². The highest BCUT2D eigenvalue weighted by atomic mass is 79.9. The summed E-state index contributed by atoms with van der Waals surface area (Å²) in [6.07, 6.45) is 0. The Morgan fingerprint density at radius 1 is 1.19 bits per heavy atom. The first kappa shape index (κ1) is 15.7. The van der Waals surface area contributed by atoms with Crippen molar-refractivity contribution in [2.24, 2.45) is 0 Å². The smallest absolute Gasteiger partial charge is 0.257 e. The maximum absolute atomic E-state index is 12.2. The van der Waals surface area contributed by atoms with Crippen LogP contribution in [0.5, 0.6) is 11.5 Å². The number of carbonyl (C=O) groups is 1. The lowest BCUT2D eigenvalue weighted by molar-refractivity contribution is 0.0825. The van der Waals surface area contributed by atoms with Gasteiger partial charge in [-0.3, -0.25) is 4.79 Å². The lowest BCUT2D eigenvalue weighted by atomic mass is 10.1. The Labute approximate surface area is 136 Å². The van der Waals surface area contributed by atoms with Crippen LogP contribution < -0.4 is 10.5 Å². The first-order valence-electron chi connectivity index (χ1n) is 6.12. The zero-order valence-corrected chi connectivity index (χ0v) is 13.9. The summed E-state index contributed by atoms with van der Waals surface area (Å²) >= 11 is 9.46. The number of ether oxygens (including phenoxy) is 1. The minimum absolute atomic E-state index is 0.168. The molecule has 0 aliphatic rings. The summed E-state index contributed by atoms with van der Waals surface area (Å²) in [5.41, 5.74) is 6.71. The molecule has 0 saturated carbocycles. The molecule has 2 rings (SSSR count). The van der Waals surface area contributed by atoms with Gasteiger partial charge in [0.25, 0.3) is 5.91 Å². The summed E-state index contributed by atoms with van der Waals surface area (Å²) in [6, 6.07) is 10.2. The predicted molar refractivity (Wildman–Crippen MR) is 88.1 cm³/mol. The Morgan fingerprint density at radius 2 is 1.90 bits per heavy atom. The molecule has 0 saturated heterocycles. The predicted octanol–water partition coefficient (Wildman–Crippen LogP) is 4.18. The summed E-state index contributed by atoms with van der Waals surface area (Å²) in [6.45, 7) is 0. The molecule has 1 amide bonds. The van der Waals surface area contributed by atoms with Gasteiger partial charge in [-0.05, 0) is 30.3 Å². The highest BCUT2D eigenvalue weighted by Gasteiger charge is 2.16. The topological polar surface area (TPSA) is 55.6 Å². The first-order valence-corrected chi connectivity index (χ1v) is 7.29. The average Bonchev–Trinajstić information content (AvgIpc) is 2.41. The maximum Gasteiger partial charge on any atom is 0.257 e. The highest BCUT2D eigenvalue weighted by molar-refractivity contribution is 9.10. The van der Waals surface area contributed by atoms with Gasteiger partial charge in [-0.15, -0.1) is 0 Å². The molecule has 0 spiro atoms. The van der Waals surface area contributed by atoms with Crippen molar-refractivity contribution < 1.29 is 9.53 Å². The molecule has 0 radical (unpaired) electrons. The Bertz CT molecular complexity index is 689. The molecule has 0 aromatic heterocycles. The molecule has 0 bridgehead atoms. The van der Waals surface area contributed by atoms with Crippen molar-refractivity contribution in [1.82, 2.24) is 4.90 Å². The molecule has 0 unspecified atom stereocenters. The molecular weight excluding hydrogens is 356 g/mol. The van der Waals surface area contributed by atoms with Crippen LogP contribution in [0.4, 0.5) is 5.69 Å². The summed E-state index contributed by atoms with van der Waals surface area (Å²) in [7, 11) is 3.35. The molecular formula is C15H14BrClN2O2. The van der Waals surface area contributed by atoms with Gasteiger partial charge in [0.1, 0.15) is 11.5 Å². The molecule has 21 heavy (non-hydrogen) atoms. The van der Waals surface area contributed by atoms with E-state index >= 15 is 0 Å². The van der Waals surface area contributed by atoms with E-state index in [0.29, 0.717) is 27.8 Å². The van der Waals surface area contributed by atoms with Crippen molar-refractivity contribution in [1.29, 1.82) is 0 Å². The summed E-state index contributed by atoms with van der Waals surface area (Å²) < 4.78 is 6.61. The van der Waals surface area contributed by atoms with Crippen LogP contribution in [-0.2, 0) is 0 Å². The zero-order chi connectivity index (χ0) is 15.6. The van der Waals surface area contributed by atoms with E-state index in [0.717, 1.165) is 4.47 Å². The minimum atomic E-state index is -0.168. The van der Waals surface area contributed by atoms with Crippen LogP contribution in [0.2, 0.25) is 5.02 Å². The zero-order valence-electron chi connectivity index (χ0n) is 11.6. The van der Waals surface area contributed by atoms with Gasteiger partial charge >= 0.3 is 0 Å². The van der Waals surface area contributed by atoms with Gasteiger partial charge in [0, 0.05) is 30.3 Å². The van der Waals surface area contributed by atoms with E-state index in [1.807, 2.05) is 0 Å². The molecule has 0 heterocycles. The molecule has 0 fully saturated rings. The van der Waals surface area contributed by atoms with Crippen molar-refractivity contribution in [2.45, 2.75) is 0 Å². The van der Waals surface area contributed by atoms with E-state index in [1.54, 1.807) is 50.5 Å². The summed E-state index contributed by atoms with van der Waals surface area (Å²) in [5.74, 6) is 0.662. The van der Waals surface area contributed by atoms with Crippen molar-refractivity contribution in [3.8, 4) is 11.5 Å². The normalized spacial score (nSPS) is 10.3. The van der Waals surface area contributed by atoms with E-state index < -0.39 is 0 Å². The van der Waals surface area contributed by atoms with Crippen molar-refractivity contribution >= 4 is 39.1 Å². The highest BCUT2D eigenvalue weighted by Crippen LogP contribution is 2.34. The van der Waals surface area contributed by atoms with Crippen LogP contribution in [0.25, 0.3) is 0 Å². The fourth-order valence-corrected chi connectivity index (χ4v) is 2.43. The monoisotopic (exact) mass is 368 g/mol. The van der Waals surface area contributed by atoms with E-state index in [9.17, 15) is 4.79 Å². The number of carbonyl (C=O) groups excluding carboxylic acids is 1. The number of benzene rings is 2. The van der Waals surface area contributed by atoms with E-state index in [4.69, 9.17) is 22.1 Å². The quantitative estimate of drug-likeness (QED) is 0.826. The second kappa shape index (κ2) is 6.37. The number of anilines is 1. The van der Waals surface area contributed by atoms with Crippen LogP contribution in [0.15, 0.2) is 40.9 Å². The lowest BCUT2D eigenvalue weighted by Crippen LogP contribution is -2.22. The minimum Gasteiger partial charge on any atom is -0.455 e. The standard InChI is InChI=1S/C15H14BrClN2O2/c1-19(2)15(20)11-5-4-10(18)8-14(11)21-13-6-3-9(16)7-12(13)17/h3-8H,18H2,1-2H3. The number of nitrogen functional groups attached to an aromatic ring is 1. The fourth-order valence-electron chi connectivity index (χ4n) is 1.72. The van der Waals surface area contributed by atoms with Crippen LogP contribution >= 0.6 is 27.5 Å². The Kier molecular flexibility index (Phi) is 4.75. The molecule has 0 atom stereocenters. The molecule has 2 N–H and O–H groups in total. The van der Waals surface area contributed by atoms with Crippen molar-refractivity contribution in [3.05, 3.63) is 51.5 Å². The van der Waals surface area contributed by atoms with Gasteiger partial charge in [-0.25, -0.2) is 0 Å². The van der Waals surface area contributed by atoms with E-state index in [1.165, 1.54) is 4.90 Å². The SMILES string of the molecule is CN(C)C(=O)c1ccc(N)cc1Oc1ccc(Br)cc1Cl. The molecule has 4 nitrogen and oxygen atoms in total. The van der Waals surface area contributed by atoms with Gasteiger partial charge in [-0.1, -0.05) is 27.5 Å². The molecule has 0 aliphatic heterocycles. The number of nitrogens with two attached hydrogens (primary N) is 1. The van der Waals surface area contributed by atoms with Crippen LogP contribution in [0, 0.1) is 0 Å². The number of nitrogens with zero attached hydrogens (tertiary/aromatic N) is 1. The van der Waals surface area contributed by atoms with E-state index in [-0.39, 0.29) is 5.91 Å². The van der Waals surface area contributed by atoms with Gasteiger partial charge < -0.3 is 15.4 Å². The third-order valence-corrected chi connectivity index (χ3v) is 3.54. The van der Waals surface area contributed by atoms with Crippen molar-refractivity contribution in [2.75, 3.05) is 19.8 Å². The molecule has 2 aromatic carbocycles. The Hall–Kier alpha value is -1.72. The second-order valence-corrected chi connectivity index (χ2v) is 5.95. The van der Waals surface area contributed by atoms with Crippen molar-refractivity contribution in [3.63, 3.8) is 0 Å². The Morgan fingerprint density at radius 3 is 2.52 bits per heavy atom. The molecule has 110 valence electrons. The number of halogens is 2. The number of hydrogen-bond donors (Lipinski definition) is 1. The maximum atomic E-state index is 12.2. The third kappa shape index (κ3) is 3.68. The Balaban J connectivity index is 2.43. The summed E-state index contributed by atoms with van der Waals surface area (Å²) in [4.78, 5) is 13.6. The first-order chi connectivity index (χ1) is 9.88. The third-order valence-electron chi connectivity index (χ3n) is 2.76. The van der Waals surface area contributed by atoms with Crippen LogP contribution in [-0.4, -0.2) is 24.9 Å². The number of amides is 1. The average molecular weight is 370 g/mol.